The lowest BCUT2D eigenvalue weighted by molar-refractivity contribution is 0.173. The van der Waals surface area contributed by atoms with E-state index in [0.29, 0.717) is 6.04 Å². The van der Waals surface area contributed by atoms with Crippen LogP contribution in [0.5, 0.6) is 5.75 Å². The predicted molar refractivity (Wildman–Crippen MR) is 77.6 cm³/mol. The number of ether oxygens (including phenoxy) is 1. The zero-order chi connectivity index (χ0) is 12.3. The van der Waals surface area contributed by atoms with Crippen molar-refractivity contribution in [1.29, 1.82) is 0 Å². The maximum Gasteiger partial charge on any atom is 0.119 e. The second-order valence-electron chi connectivity index (χ2n) is 5.04. The average molecular weight is 271 g/mol. The van der Waals surface area contributed by atoms with E-state index in [-0.39, 0.29) is 18.5 Å². The Morgan fingerprint density at radius 3 is 2.33 bits per heavy atom. The Hall–Kier alpha value is -0.770. The molecule has 1 aromatic carbocycles. The predicted octanol–water partition coefficient (Wildman–Crippen LogP) is 2.30. The molecule has 0 amide bonds. The molecule has 4 heteroatoms. The van der Waals surface area contributed by atoms with Crippen LogP contribution < -0.4 is 10.1 Å². The third-order valence-electron chi connectivity index (χ3n) is 3.11. The standard InChI is InChI=1S/C14H22N2O.ClH/c1-11(2)17-14-6-4-12(5-7-14)10-16(3)13-8-15-9-13;/h4-7,11,13,15H,8-10H2,1-3H3;1H. The summed E-state index contributed by atoms with van der Waals surface area (Å²) in [5, 5.41) is 3.30. The van der Waals surface area contributed by atoms with Crippen molar-refractivity contribution in [2.75, 3.05) is 20.1 Å². The maximum atomic E-state index is 5.63. The van der Waals surface area contributed by atoms with Crippen LogP contribution in [0.15, 0.2) is 24.3 Å². The van der Waals surface area contributed by atoms with Gasteiger partial charge in [0.05, 0.1) is 6.10 Å². The quantitative estimate of drug-likeness (QED) is 0.889. The van der Waals surface area contributed by atoms with Crippen molar-refractivity contribution in [2.45, 2.75) is 32.5 Å². The van der Waals surface area contributed by atoms with Gasteiger partial charge in [-0.1, -0.05) is 12.1 Å². The Labute approximate surface area is 116 Å². The first-order valence-corrected chi connectivity index (χ1v) is 6.31. The van der Waals surface area contributed by atoms with Crippen LogP contribution in [-0.4, -0.2) is 37.2 Å². The van der Waals surface area contributed by atoms with Gasteiger partial charge in [0.1, 0.15) is 5.75 Å². The third-order valence-corrected chi connectivity index (χ3v) is 3.11. The largest absolute Gasteiger partial charge is 0.491 e. The molecule has 1 N–H and O–H groups in total. The van der Waals surface area contributed by atoms with E-state index in [1.807, 2.05) is 13.8 Å². The highest BCUT2D eigenvalue weighted by atomic mass is 35.5. The number of hydrogen-bond donors (Lipinski definition) is 1. The topological polar surface area (TPSA) is 24.5 Å². The Balaban J connectivity index is 0.00000162. The van der Waals surface area contributed by atoms with Gasteiger partial charge < -0.3 is 10.1 Å². The molecule has 0 saturated carbocycles. The molecular formula is C14H23ClN2O. The number of benzene rings is 1. The lowest BCUT2D eigenvalue weighted by atomic mass is 10.1. The molecule has 1 aromatic rings. The van der Waals surface area contributed by atoms with E-state index < -0.39 is 0 Å². The van der Waals surface area contributed by atoms with Gasteiger partial charge in [0.2, 0.25) is 0 Å². The molecule has 0 atom stereocenters. The highest BCUT2D eigenvalue weighted by molar-refractivity contribution is 5.85. The fraction of sp³-hybridized carbons (Fsp3) is 0.571. The second-order valence-corrected chi connectivity index (χ2v) is 5.04. The van der Waals surface area contributed by atoms with Crippen LogP contribution in [0.1, 0.15) is 19.4 Å². The molecule has 1 fully saturated rings. The van der Waals surface area contributed by atoms with Crippen molar-refractivity contribution in [3.8, 4) is 5.75 Å². The molecule has 102 valence electrons. The summed E-state index contributed by atoms with van der Waals surface area (Å²) in [6, 6.07) is 9.12. The Morgan fingerprint density at radius 1 is 1.28 bits per heavy atom. The lowest BCUT2D eigenvalue weighted by Gasteiger charge is -2.35. The molecule has 1 aliphatic rings. The fourth-order valence-electron chi connectivity index (χ4n) is 1.95. The first-order valence-electron chi connectivity index (χ1n) is 6.31. The summed E-state index contributed by atoms with van der Waals surface area (Å²) in [7, 11) is 2.18. The summed E-state index contributed by atoms with van der Waals surface area (Å²) in [4.78, 5) is 2.40. The number of nitrogens with zero attached hydrogens (tertiary/aromatic N) is 1. The molecular weight excluding hydrogens is 248 g/mol. The average Bonchev–Trinajstić information content (AvgIpc) is 2.17. The van der Waals surface area contributed by atoms with E-state index >= 15 is 0 Å². The maximum absolute atomic E-state index is 5.63. The zero-order valence-electron chi connectivity index (χ0n) is 11.3. The fourth-order valence-corrected chi connectivity index (χ4v) is 1.95. The number of hydrogen-bond acceptors (Lipinski definition) is 3. The Morgan fingerprint density at radius 2 is 1.89 bits per heavy atom. The number of likely N-dealkylation sites (N-methyl/N-ethyl adjacent to an activating group) is 1. The Kier molecular flexibility index (Phi) is 5.93. The van der Waals surface area contributed by atoms with Crippen LogP contribution >= 0.6 is 12.4 Å². The van der Waals surface area contributed by atoms with Gasteiger partial charge >= 0.3 is 0 Å². The van der Waals surface area contributed by atoms with Gasteiger partial charge in [0.15, 0.2) is 0 Å². The molecule has 0 spiro atoms. The summed E-state index contributed by atoms with van der Waals surface area (Å²) in [5.74, 6) is 0.955. The number of rotatable bonds is 5. The van der Waals surface area contributed by atoms with Crippen molar-refractivity contribution in [3.05, 3.63) is 29.8 Å². The smallest absolute Gasteiger partial charge is 0.119 e. The molecule has 1 saturated heterocycles. The summed E-state index contributed by atoms with van der Waals surface area (Å²) < 4.78 is 5.63. The van der Waals surface area contributed by atoms with Gasteiger partial charge in [-0.25, -0.2) is 0 Å². The lowest BCUT2D eigenvalue weighted by Crippen LogP contribution is -2.55. The molecule has 0 aromatic heterocycles. The van der Waals surface area contributed by atoms with Crippen LogP contribution in [-0.2, 0) is 6.54 Å². The van der Waals surface area contributed by atoms with Gasteiger partial charge in [-0.15, -0.1) is 12.4 Å². The minimum atomic E-state index is 0. The van der Waals surface area contributed by atoms with Gasteiger partial charge in [0.25, 0.3) is 0 Å². The van der Waals surface area contributed by atoms with Crippen LogP contribution in [0.2, 0.25) is 0 Å². The highest BCUT2D eigenvalue weighted by Gasteiger charge is 2.21. The van der Waals surface area contributed by atoms with Crippen molar-refractivity contribution < 1.29 is 4.74 Å². The van der Waals surface area contributed by atoms with E-state index in [9.17, 15) is 0 Å². The molecule has 0 unspecified atom stereocenters. The van der Waals surface area contributed by atoms with Crippen molar-refractivity contribution in [3.63, 3.8) is 0 Å². The summed E-state index contributed by atoms with van der Waals surface area (Å²) in [6.07, 6.45) is 0.240. The van der Waals surface area contributed by atoms with E-state index in [4.69, 9.17) is 4.74 Å². The monoisotopic (exact) mass is 270 g/mol. The first kappa shape index (κ1) is 15.3. The summed E-state index contributed by atoms with van der Waals surface area (Å²) in [6.45, 7) is 7.33. The van der Waals surface area contributed by atoms with Gasteiger partial charge in [-0.3, -0.25) is 4.90 Å². The van der Waals surface area contributed by atoms with Crippen molar-refractivity contribution in [1.82, 2.24) is 10.2 Å². The van der Waals surface area contributed by atoms with Gasteiger partial charge in [-0.05, 0) is 38.6 Å². The summed E-state index contributed by atoms with van der Waals surface area (Å²) >= 11 is 0. The molecule has 1 heterocycles. The van der Waals surface area contributed by atoms with Crippen LogP contribution in [0.4, 0.5) is 0 Å². The number of nitrogens with one attached hydrogen (secondary N) is 1. The minimum absolute atomic E-state index is 0. The van der Waals surface area contributed by atoms with Gasteiger partial charge in [-0.2, -0.15) is 0 Å². The third kappa shape index (κ3) is 4.16. The normalized spacial score (nSPS) is 15.4. The van der Waals surface area contributed by atoms with Crippen LogP contribution in [0.3, 0.4) is 0 Å². The van der Waals surface area contributed by atoms with Crippen molar-refractivity contribution in [2.24, 2.45) is 0 Å². The molecule has 1 aliphatic heterocycles. The SMILES string of the molecule is CC(C)Oc1ccc(CN(C)C2CNC2)cc1.Cl. The second kappa shape index (κ2) is 6.98. The molecule has 0 aliphatic carbocycles. The molecule has 0 radical (unpaired) electrons. The summed E-state index contributed by atoms with van der Waals surface area (Å²) in [5.41, 5.74) is 1.34. The number of halogens is 1. The van der Waals surface area contributed by atoms with E-state index in [1.165, 1.54) is 5.56 Å². The molecule has 2 rings (SSSR count). The van der Waals surface area contributed by atoms with Crippen LogP contribution in [0.25, 0.3) is 0 Å². The van der Waals surface area contributed by atoms with Gasteiger partial charge in [0, 0.05) is 25.7 Å². The minimum Gasteiger partial charge on any atom is -0.491 e. The zero-order valence-corrected chi connectivity index (χ0v) is 12.2. The molecule has 0 bridgehead atoms. The highest BCUT2D eigenvalue weighted by Crippen LogP contribution is 2.16. The van der Waals surface area contributed by atoms with Crippen LogP contribution in [0, 0.1) is 0 Å². The molecule has 18 heavy (non-hydrogen) atoms. The molecule has 3 nitrogen and oxygen atoms in total. The van der Waals surface area contributed by atoms with E-state index in [2.05, 4.69) is 41.5 Å². The van der Waals surface area contributed by atoms with E-state index in [0.717, 1.165) is 25.4 Å². The van der Waals surface area contributed by atoms with E-state index in [1.54, 1.807) is 0 Å². The first-order chi connectivity index (χ1) is 8.15. The van der Waals surface area contributed by atoms with Crippen molar-refractivity contribution >= 4 is 12.4 Å². The Bertz CT molecular complexity index is 349.